The summed E-state index contributed by atoms with van der Waals surface area (Å²) in [6.45, 7) is 2.71. The number of carbonyl (C=O) groups excluding carboxylic acids is 2. The number of urea groups is 1. The maximum Gasteiger partial charge on any atom is 0.329 e. The molecule has 0 spiro atoms. The number of quaternary nitrogens is 1. The van der Waals surface area contributed by atoms with E-state index in [9.17, 15) is 9.59 Å². The lowest BCUT2D eigenvalue weighted by Gasteiger charge is -2.26. The van der Waals surface area contributed by atoms with Crippen LogP contribution in [0, 0.1) is 0 Å². The van der Waals surface area contributed by atoms with Crippen LogP contribution >= 0.6 is 11.6 Å². The van der Waals surface area contributed by atoms with E-state index in [2.05, 4.69) is 5.32 Å². The van der Waals surface area contributed by atoms with Gasteiger partial charge in [0.15, 0.2) is 6.67 Å². The van der Waals surface area contributed by atoms with Crippen LogP contribution in [-0.2, 0) is 16.9 Å². The molecule has 2 aromatic rings. The largest absolute Gasteiger partial charge is 0.496 e. The number of halogens is 1. The van der Waals surface area contributed by atoms with Gasteiger partial charge >= 0.3 is 6.03 Å². The molecule has 0 saturated carbocycles. The number of methoxy groups -OCH3 is 1. The number of amides is 3. The summed E-state index contributed by atoms with van der Waals surface area (Å²) in [6, 6.07) is 14.4. The van der Waals surface area contributed by atoms with Gasteiger partial charge in [-0.2, -0.15) is 0 Å². The van der Waals surface area contributed by atoms with Gasteiger partial charge in [-0.3, -0.25) is 4.79 Å². The number of ether oxygens (including phenoxy) is 1. The van der Waals surface area contributed by atoms with Gasteiger partial charge in [-0.1, -0.05) is 48.9 Å². The third-order valence-electron chi connectivity index (χ3n) is 5.14. The molecule has 3 amide bonds. The molecule has 2 aromatic carbocycles. The molecule has 1 aliphatic heterocycles. The molecule has 28 heavy (non-hydrogen) atoms. The first-order chi connectivity index (χ1) is 13.4. The van der Waals surface area contributed by atoms with Crippen molar-refractivity contribution < 1.29 is 19.2 Å². The summed E-state index contributed by atoms with van der Waals surface area (Å²) in [4.78, 5) is 28.1. The summed E-state index contributed by atoms with van der Waals surface area (Å²) in [5, 5.41) is 3.53. The predicted molar refractivity (Wildman–Crippen MR) is 107 cm³/mol. The Morgan fingerprint density at radius 3 is 2.54 bits per heavy atom. The summed E-state index contributed by atoms with van der Waals surface area (Å²) >= 11 is 6.10. The van der Waals surface area contributed by atoms with Gasteiger partial charge in [0.1, 0.15) is 17.8 Å². The van der Waals surface area contributed by atoms with E-state index in [-0.39, 0.29) is 18.6 Å². The average Bonchev–Trinajstić information content (AvgIpc) is 2.94. The molecule has 1 fully saturated rings. The third kappa shape index (κ3) is 3.70. The van der Waals surface area contributed by atoms with Crippen molar-refractivity contribution in [2.45, 2.75) is 25.4 Å². The van der Waals surface area contributed by atoms with Crippen molar-refractivity contribution in [2.24, 2.45) is 0 Å². The Morgan fingerprint density at radius 2 is 1.89 bits per heavy atom. The summed E-state index contributed by atoms with van der Waals surface area (Å²) in [6.07, 6.45) is 0.485. The maximum absolute atomic E-state index is 13.2. The standard InChI is InChI=1S/C21H24ClN3O3/c1-4-21(16-8-6-5-7-9-16)19(26)25(20(27)23-21)14-24(2)13-15-12-17(22)10-11-18(15)28-3/h5-12H,4,13-14H2,1-3H3,(H,23,27)/p+1/t21-/m1/s1. The Morgan fingerprint density at radius 1 is 1.18 bits per heavy atom. The SMILES string of the molecule is CC[C@]1(c2ccccc2)NC(=O)N(C[NH+](C)Cc2cc(Cl)ccc2OC)C1=O. The van der Waals surface area contributed by atoms with E-state index in [1.54, 1.807) is 13.2 Å². The van der Waals surface area contributed by atoms with Crippen LogP contribution in [0.4, 0.5) is 4.79 Å². The minimum atomic E-state index is -1.01. The van der Waals surface area contributed by atoms with E-state index >= 15 is 0 Å². The number of hydrogen-bond donors (Lipinski definition) is 2. The van der Waals surface area contributed by atoms with Crippen LogP contribution in [0.3, 0.4) is 0 Å². The molecule has 1 saturated heterocycles. The van der Waals surface area contributed by atoms with Crippen molar-refractivity contribution in [3.8, 4) is 5.75 Å². The molecule has 1 unspecified atom stereocenters. The Labute approximate surface area is 170 Å². The van der Waals surface area contributed by atoms with Crippen LogP contribution in [0.2, 0.25) is 5.02 Å². The van der Waals surface area contributed by atoms with Crippen LogP contribution in [-0.4, -0.2) is 37.7 Å². The van der Waals surface area contributed by atoms with Gasteiger partial charge < -0.3 is 15.0 Å². The Balaban J connectivity index is 1.78. The fraction of sp³-hybridized carbons (Fsp3) is 0.333. The fourth-order valence-electron chi connectivity index (χ4n) is 3.67. The van der Waals surface area contributed by atoms with Crippen molar-refractivity contribution >= 4 is 23.5 Å². The zero-order chi connectivity index (χ0) is 20.3. The van der Waals surface area contributed by atoms with Gasteiger partial charge in [-0.05, 0) is 30.2 Å². The molecular formula is C21H25ClN3O3+. The lowest BCUT2D eigenvalue weighted by atomic mass is 9.87. The third-order valence-corrected chi connectivity index (χ3v) is 5.37. The Hall–Kier alpha value is -2.57. The van der Waals surface area contributed by atoms with Gasteiger partial charge in [-0.25, -0.2) is 9.69 Å². The molecule has 1 heterocycles. The molecule has 0 bridgehead atoms. The molecule has 0 aliphatic carbocycles. The monoisotopic (exact) mass is 402 g/mol. The summed E-state index contributed by atoms with van der Waals surface area (Å²) in [7, 11) is 3.53. The molecule has 2 N–H and O–H groups in total. The Bertz CT molecular complexity index is 874. The van der Waals surface area contributed by atoms with Crippen LogP contribution in [0.15, 0.2) is 48.5 Å². The molecule has 1 aliphatic rings. The highest BCUT2D eigenvalue weighted by molar-refractivity contribution is 6.30. The van der Waals surface area contributed by atoms with Crippen molar-refractivity contribution in [2.75, 3.05) is 20.8 Å². The number of benzene rings is 2. The molecule has 0 aromatic heterocycles. The first-order valence-electron chi connectivity index (χ1n) is 9.24. The minimum Gasteiger partial charge on any atom is -0.496 e. The molecule has 3 rings (SSSR count). The molecule has 7 heteroatoms. The Kier molecular flexibility index (Phi) is 5.91. The summed E-state index contributed by atoms with van der Waals surface area (Å²) in [5.74, 6) is 0.511. The second-order valence-electron chi connectivity index (χ2n) is 7.04. The van der Waals surface area contributed by atoms with Gasteiger partial charge in [-0.15, -0.1) is 0 Å². The van der Waals surface area contributed by atoms with Crippen LogP contribution in [0.5, 0.6) is 5.75 Å². The van der Waals surface area contributed by atoms with Crippen molar-refractivity contribution in [3.05, 3.63) is 64.7 Å². The zero-order valence-corrected chi connectivity index (χ0v) is 17.0. The summed E-state index contributed by atoms with van der Waals surface area (Å²) < 4.78 is 5.39. The van der Waals surface area contributed by atoms with E-state index in [4.69, 9.17) is 16.3 Å². The van der Waals surface area contributed by atoms with Crippen molar-refractivity contribution in [1.29, 1.82) is 0 Å². The zero-order valence-electron chi connectivity index (χ0n) is 16.3. The first-order valence-corrected chi connectivity index (χ1v) is 9.62. The van der Waals surface area contributed by atoms with Gasteiger partial charge in [0.05, 0.1) is 14.2 Å². The highest BCUT2D eigenvalue weighted by Crippen LogP contribution is 2.31. The van der Waals surface area contributed by atoms with E-state index in [1.165, 1.54) is 4.90 Å². The average molecular weight is 403 g/mol. The van der Waals surface area contributed by atoms with Gasteiger partial charge in [0, 0.05) is 10.6 Å². The van der Waals surface area contributed by atoms with Crippen LogP contribution in [0.1, 0.15) is 24.5 Å². The molecule has 6 nitrogen and oxygen atoms in total. The van der Waals surface area contributed by atoms with Crippen molar-refractivity contribution in [3.63, 3.8) is 0 Å². The minimum absolute atomic E-state index is 0.219. The molecule has 2 atom stereocenters. The lowest BCUT2D eigenvalue weighted by Crippen LogP contribution is -3.09. The highest BCUT2D eigenvalue weighted by atomic mass is 35.5. The second-order valence-corrected chi connectivity index (χ2v) is 7.47. The van der Waals surface area contributed by atoms with Gasteiger partial charge in [0.2, 0.25) is 0 Å². The number of hydrogen-bond acceptors (Lipinski definition) is 3. The molecule has 0 radical (unpaired) electrons. The topological polar surface area (TPSA) is 63.1 Å². The smallest absolute Gasteiger partial charge is 0.329 e. The van der Waals surface area contributed by atoms with E-state index < -0.39 is 5.54 Å². The maximum atomic E-state index is 13.2. The van der Waals surface area contributed by atoms with E-state index in [1.807, 2.05) is 56.4 Å². The fourth-order valence-corrected chi connectivity index (χ4v) is 3.86. The van der Waals surface area contributed by atoms with E-state index in [0.29, 0.717) is 18.0 Å². The number of rotatable bonds is 7. The number of imide groups is 1. The second kappa shape index (κ2) is 8.20. The number of carbonyl (C=O) groups is 2. The van der Waals surface area contributed by atoms with Crippen LogP contribution < -0.4 is 15.0 Å². The quantitative estimate of drug-likeness (QED) is 0.698. The van der Waals surface area contributed by atoms with E-state index in [0.717, 1.165) is 21.8 Å². The number of nitrogens with one attached hydrogen (secondary N) is 2. The first kappa shape index (κ1) is 20.2. The molecule has 148 valence electrons. The van der Waals surface area contributed by atoms with Crippen molar-refractivity contribution in [1.82, 2.24) is 10.2 Å². The highest BCUT2D eigenvalue weighted by Gasteiger charge is 2.52. The molecular weight excluding hydrogens is 378 g/mol. The predicted octanol–water partition coefficient (Wildman–Crippen LogP) is 2.18. The number of nitrogens with zero attached hydrogens (tertiary/aromatic N) is 1. The van der Waals surface area contributed by atoms with Crippen LogP contribution in [0.25, 0.3) is 0 Å². The lowest BCUT2D eigenvalue weighted by molar-refractivity contribution is -0.901. The summed E-state index contributed by atoms with van der Waals surface area (Å²) in [5.41, 5.74) is 0.712. The normalized spacial score (nSPS) is 20.2. The van der Waals surface area contributed by atoms with Gasteiger partial charge in [0.25, 0.3) is 5.91 Å².